The minimum atomic E-state index is 0.532. The molecule has 16 heavy (non-hydrogen) atoms. The maximum Gasteiger partial charge on any atom is 0.233 e. The van der Waals surface area contributed by atoms with Gasteiger partial charge in [0, 0.05) is 6.07 Å². The van der Waals surface area contributed by atoms with E-state index in [4.69, 9.17) is 4.74 Å². The molecule has 0 saturated heterocycles. The van der Waals surface area contributed by atoms with Gasteiger partial charge in [-0.2, -0.15) is 5.10 Å². The Balaban J connectivity index is 2.02. The van der Waals surface area contributed by atoms with Gasteiger partial charge in [0.25, 0.3) is 0 Å². The van der Waals surface area contributed by atoms with Gasteiger partial charge in [0.15, 0.2) is 0 Å². The van der Waals surface area contributed by atoms with E-state index >= 15 is 0 Å². The zero-order valence-electron chi connectivity index (χ0n) is 9.47. The molecule has 2 aromatic rings. The summed E-state index contributed by atoms with van der Waals surface area (Å²) in [6, 6.07) is 11.9. The molecule has 1 aromatic carbocycles. The topological polar surface area (TPSA) is 35.0 Å². The van der Waals surface area contributed by atoms with Gasteiger partial charge in [0.1, 0.15) is 6.61 Å². The summed E-state index contributed by atoms with van der Waals surface area (Å²) in [6.45, 7) is 4.50. The molecule has 0 N–H and O–H groups in total. The fourth-order valence-electron chi connectivity index (χ4n) is 1.39. The van der Waals surface area contributed by atoms with Crippen molar-refractivity contribution in [1.29, 1.82) is 0 Å². The molecule has 0 aliphatic rings. The Hall–Kier alpha value is -1.90. The lowest BCUT2D eigenvalue weighted by Gasteiger charge is -2.07. The second-order valence-corrected chi connectivity index (χ2v) is 3.73. The smallest absolute Gasteiger partial charge is 0.233 e. The van der Waals surface area contributed by atoms with Gasteiger partial charge in [0.2, 0.25) is 5.88 Å². The third kappa shape index (κ3) is 2.57. The maximum absolute atomic E-state index is 5.55. The standard InChI is InChI=1S/C13H14N2O/c1-10-5-3-4-6-12(10)9-16-13-8-7-11(2)14-15-13/h3-8H,9H2,1-2H3. The summed E-state index contributed by atoms with van der Waals surface area (Å²) in [7, 11) is 0. The Morgan fingerprint density at radius 3 is 2.50 bits per heavy atom. The largest absolute Gasteiger partial charge is 0.472 e. The monoisotopic (exact) mass is 214 g/mol. The highest BCUT2D eigenvalue weighted by Crippen LogP contribution is 2.11. The van der Waals surface area contributed by atoms with Crippen molar-refractivity contribution in [3.63, 3.8) is 0 Å². The van der Waals surface area contributed by atoms with Gasteiger partial charge in [-0.1, -0.05) is 24.3 Å². The van der Waals surface area contributed by atoms with E-state index in [1.165, 1.54) is 11.1 Å². The van der Waals surface area contributed by atoms with Crippen molar-refractivity contribution in [3.8, 4) is 5.88 Å². The molecule has 0 bridgehead atoms. The van der Waals surface area contributed by atoms with E-state index in [0.717, 1.165) is 5.69 Å². The average Bonchev–Trinajstić information content (AvgIpc) is 2.30. The molecular formula is C13H14N2O. The van der Waals surface area contributed by atoms with E-state index in [1.54, 1.807) is 0 Å². The molecule has 2 rings (SSSR count). The third-order valence-corrected chi connectivity index (χ3v) is 2.41. The summed E-state index contributed by atoms with van der Waals surface area (Å²) in [6.07, 6.45) is 0. The van der Waals surface area contributed by atoms with Crippen LogP contribution in [0.3, 0.4) is 0 Å². The lowest BCUT2D eigenvalue weighted by atomic mass is 10.1. The summed E-state index contributed by atoms with van der Waals surface area (Å²) in [5.41, 5.74) is 3.29. The first-order valence-electron chi connectivity index (χ1n) is 5.23. The minimum Gasteiger partial charge on any atom is -0.472 e. The molecule has 0 unspecified atom stereocenters. The molecular weight excluding hydrogens is 200 g/mol. The number of hydrogen-bond acceptors (Lipinski definition) is 3. The predicted molar refractivity (Wildman–Crippen MR) is 62.3 cm³/mol. The van der Waals surface area contributed by atoms with E-state index in [9.17, 15) is 0 Å². The Morgan fingerprint density at radius 2 is 1.81 bits per heavy atom. The maximum atomic E-state index is 5.55. The first-order chi connectivity index (χ1) is 7.75. The van der Waals surface area contributed by atoms with Crippen molar-refractivity contribution in [2.24, 2.45) is 0 Å². The van der Waals surface area contributed by atoms with Crippen LogP contribution in [0.1, 0.15) is 16.8 Å². The zero-order chi connectivity index (χ0) is 11.4. The number of aryl methyl sites for hydroxylation is 2. The highest BCUT2D eigenvalue weighted by Gasteiger charge is 1.99. The van der Waals surface area contributed by atoms with Gasteiger partial charge in [-0.15, -0.1) is 5.10 Å². The van der Waals surface area contributed by atoms with E-state index in [-0.39, 0.29) is 0 Å². The quantitative estimate of drug-likeness (QED) is 0.787. The summed E-state index contributed by atoms with van der Waals surface area (Å²) in [4.78, 5) is 0. The van der Waals surface area contributed by atoms with Gasteiger partial charge in [-0.3, -0.25) is 0 Å². The van der Waals surface area contributed by atoms with Crippen LogP contribution in [0.4, 0.5) is 0 Å². The summed E-state index contributed by atoms with van der Waals surface area (Å²) in [5, 5.41) is 7.89. The normalized spacial score (nSPS) is 10.1. The number of aromatic nitrogens is 2. The molecule has 3 heteroatoms. The fraction of sp³-hybridized carbons (Fsp3) is 0.231. The van der Waals surface area contributed by atoms with E-state index in [1.807, 2.05) is 31.2 Å². The second kappa shape index (κ2) is 4.75. The predicted octanol–water partition coefficient (Wildman–Crippen LogP) is 2.67. The van der Waals surface area contributed by atoms with E-state index in [0.29, 0.717) is 12.5 Å². The highest BCUT2D eigenvalue weighted by atomic mass is 16.5. The fourth-order valence-corrected chi connectivity index (χ4v) is 1.39. The summed E-state index contributed by atoms with van der Waals surface area (Å²) >= 11 is 0. The molecule has 3 nitrogen and oxygen atoms in total. The lowest BCUT2D eigenvalue weighted by molar-refractivity contribution is 0.289. The van der Waals surface area contributed by atoms with Crippen molar-refractivity contribution in [2.45, 2.75) is 20.5 Å². The van der Waals surface area contributed by atoms with Crippen LogP contribution in [0.15, 0.2) is 36.4 Å². The molecule has 0 radical (unpaired) electrons. The summed E-state index contributed by atoms with van der Waals surface area (Å²) in [5.74, 6) is 0.564. The van der Waals surface area contributed by atoms with Crippen molar-refractivity contribution in [1.82, 2.24) is 10.2 Å². The van der Waals surface area contributed by atoms with Crippen LogP contribution in [-0.4, -0.2) is 10.2 Å². The molecule has 1 aromatic heterocycles. The molecule has 82 valence electrons. The van der Waals surface area contributed by atoms with Crippen LogP contribution in [0.5, 0.6) is 5.88 Å². The van der Waals surface area contributed by atoms with Gasteiger partial charge in [-0.05, 0) is 31.0 Å². The molecule has 1 heterocycles. The molecule has 0 fully saturated rings. The minimum absolute atomic E-state index is 0.532. The summed E-state index contributed by atoms with van der Waals surface area (Å²) < 4.78 is 5.55. The SMILES string of the molecule is Cc1ccc(OCc2ccccc2C)nn1. The molecule has 0 saturated carbocycles. The van der Waals surface area contributed by atoms with E-state index in [2.05, 4.69) is 29.3 Å². The highest BCUT2D eigenvalue weighted by molar-refractivity contribution is 5.25. The van der Waals surface area contributed by atoms with Crippen LogP contribution in [0.25, 0.3) is 0 Å². The average molecular weight is 214 g/mol. The van der Waals surface area contributed by atoms with Crippen molar-refractivity contribution in [2.75, 3.05) is 0 Å². The lowest BCUT2D eigenvalue weighted by Crippen LogP contribution is -2.00. The van der Waals surface area contributed by atoms with Crippen LogP contribution in [0, 0.1) is 13.8 Å². The van der Waals surface area contributed by atoms with Crippen molar-refractivity contribution >= 4 is 0 Å². The van der Waals surface area contributed by atoms with Crippen LogP contribution >= 0.6 is 0 Å². The molecule has 0 atom stereocenters. The third-order valence-electron chi connectivity index (χ3n) is 2.41. The first-order valence-corrected chi connectivity index (χ1v) is 5.23. The molecule has 0 aliphatic carbocycles. The van der Waals surface area contributed by atoms with E-state index < -0.39 is 0 Å². The second-order valence-electron chi connectivity index (χ2n) is 3.73. The van der Waals surface area contributed by atoms with Crippen LogP contribution in [0.2, 0.25) is 0 Å². The van der Waals surface area contributed by atoms with Crippen LogP contribution < -0.4 is 4.74 Å². The Labute approximate surface area is 95.1 Å². The van der Waals surface area contributed by atoms with Gasteiger partial charge >= 0.3 is 0 Å². The van der Waals surface area contributed by atoms with Crippen molar-refractivity contribution in [3.05, 3.63) is 53.2 Å². The Morgan fingerprint density at radius 1 is 1.00 bits per heavy atom. The number of benzene rings is 1. The Kier molecular flexibility index (Phi) is 3.15. The Bertz CT molecular complexity index is 466. The van der Waals surface area contributed by atoms with Gasteiger partial charge in [0.05, 0.1) is 5.69 Å². The van der Waals surface area contributed by atoms with Crippen molar-refractivity contribution < 1.29 is 4.74 Å². The molecule has 0 amide bonds. The van der Waals surface area contributed by atoms with Gasteiger partial charge < -0.3 is 4.74 Å². The van der Waals surface area contributed by atoms with Crippen LogP contribution in [-0.2, 0) is 6.61 Å². The first kappa shape index (κ1) is 10.6. The zero-order valence-corrected chi connectivity index (χ0v) is 9.47. The molecule has 0 aliphatic heterocycles. The number of hydrogen-bond donors (Lipinski definition) is 0. The van der Waals surface area contributed by atoms with Gasteiger partial charge in [-0.25, -0.2) is 0 Å². The molecule has 0 spiro atoms. The number of rotatable bonds is 3. The number of nitrogens with zero attached hydrogens (tertiary/aromatic N) is 2. The number of ether oxygens (including phenoxy) is 1.